The molecule has 24 heavy (non-hydrogen) atoms. The van der Waals surface area contributed by atoms with Crippen molar-refractivity contribution in [3.63, 3.8) is 0 Å². The maximum Gasteiger partial charge on any atom is 0.246 e. The summed E-state index contributed by atoms with van der Waals surface area (Å²) in [6.45, 7) is 11.6. The molecule has 0 aromatic carbocycles. The normalized spacial score (nSPS) is 10.5. The number of thiocarbonyl (C=S) groups is 1. The Labute approximate surface area is 146 Å². The van der Waals surface area contributed by atoms with Crippen LogP contribution >= 0.6 is 12.2 Å². The van der Waals surface area contributed by atoms with E-state index in [0.717, 1.165) is 26.2 Å². The zero-order valence-corrected chi connectivity index (χ0v) is 15.2. The average Bonchev–Trinajstić information content (AvgIpc) is 3.20. The summed E-state index contributed by atoms with van der Waals surface area (Å²) in [5, 5.41) is 20.2. The maximum absolute atomic E-state index is 5.26. The van der Waals surface area contributed by atoms with Gasteiger partial charge < -0.3 is 20.4 Å². The molecule has 2 aromatic heterocycles. The first-order valence-corrected chi connectivity index (χ1v) is 8.44. The zero-order chi connectivity index (χ0) is 17.5. The highest BCUT2D eigenvalue weighted by molar-refractivity contribution is 7.80. The van der Waals surface area contributed by atoms with Gasteiger partial charge in [-0.15, -0.1) is 10.2 Å². The fraction of sp³-hybridized carbons (Fsp3) is 0.615. The number of nitrogens with one attached hydrogen (secondary N) is 4. The molecule has 0 unspecified atom stereocenters. The highest BCUT2D eigenvalue weighted by Crippen LogP contribution is 2.11. The van der Waals surface area contributed by atoms with Gasteiger partial charge in [0, 0.05) is 26.2 Å². The van der Waals surface area contributed by atoms with Crippen molar-refractivity contribution in [2.45, 2.75) is 27.7 Å². The predicted octanol–water partition coefficient (Wildman–Crippen LogP) is 1.42. The molecule has 2 aromatic rings. The summed E-state index contributed by atoms with van der Waals surface area (Å²) in [5.74, 6) is 2.21. The zero-order valence-electron chi connectivity index (χ0n) is 14.4. The van der Waals surface area contributed by atoms with Crippen molar-refractivity contribution < 1.29 is 0 Å². The first kappa shape index (κ1) is 17.9. The second-order valence-electron chi connectivity index (χ2n) is 4.89. The molecule has 0 aliphatic carbocycles. The van der Waals surface area contributed by atoms with Gasteiger partial charge in [-0.2, -0.15) is 9.97 Å². The third-order valence-electron chi connectivity index (χ3n) is 3.50. The quantitative estimate of drug-likeness (QED) is 0.524. The van der Waals surface area contributed by atoms with Gasteiger partial charge in [0.25, 0.3) is 0 Å². The number of hydrogen-bond donors (Lipinski definition) is 4. The Bertz CT molecular complexity index is 588. The minimum Gasteiger partial charge on any atom is -0.340 e. The van der Waals surface area contributed by atoms with Crippen molar-refractivity contribution in [3.8, 4) is 0 Å². The van der Waals surface area contributed by atoms with Crippen molar-refractivity contribution in [1.82, 2.24) is 30.4 Å². The molecule has 2 heterocycles. The topological polar surface area (TPSA) is 114 Å². The molecule has 132 valence electrons. The third-order valence-corrected chi connectivity index (χ3v) is 3.71. The van der Waals surface area contributed by atoms with E-state index in [1.165, 1.54) is 0 Å². The minimum absolute atomic E-state index is 0.347. The molecule has 0 amide bonds. The lowest BCUT2D eigenvalue weighted by Gasteiger charge is -2.15. The van der Waals surface area contributed by atoms with Gasteiger partial charge in [-0.3, -0.25) is 0 Å². The van der Waals surface area contributed by atoms with E-state index in [0.29, 0.717) is 28.9 Å². The summed E-state index contributed by atoms with van der Waals surface area (Å²) < 4.78 is 0. The molecule has 10 nitrogen and oxygen atoms in total. The monoisotopic (exact) mass is 352 g/mol. The summed E-state index contributed by atoms with van der Waals surface area (Å²) in [6.07, 6.45) is 0. The first-order valence-electron chi connectivity index (χ1n) is 8.03. The predicted molar refractivity (Wildman–Crippen MR) is 99.7 cm³/mol. The summed E-state index contributed by atoms with van der Waals surface area (Å²) in [4.78, 5) is 12.8. The molecular formula is C13H24N10S. The van der Waals surface area contributed by atoms with Crippen LogP contribution < -0.4 is 20.4 Å². The van der Waals surface area contributed by atoms with Gasteiger partial charge in [-0.05, 0) is 39.9 Å². The number of aromatic nitrogens is 6. The number of nitrogens with zero attached hydrogens (tertiary/aromatic N) is 6. The van der Waals surface area contributed by atoms with Crippen molar-refractivity contribution >= 4 is 41.1 Å². The Morgan fingerprint density at radius 2 is 1.21 bits per heavy atom. The average molecular weight is 352 g/mol. The van der Waals surface area contributed by atoms with Crippen molar-refractivity contribution in [1.29, 1.82) is 0 Å². The second kappa shape index (κ2) is 8.43. The number of rotatable bonds is 8. The molecule has 2 rings (SSSR count). The van der Waals surface area contributed by atoms with Gasteiger partial charge in [0.2, 0.25) is 23.8 Å². The fourth-order valence-corrected chi connectivity index (χ4v) is 2.35. The maximum atomic E-state index is 5.26. The first-order chi connectivity index (χ1) is 11.6. The lowest BCUT2D eigenvalue weighted by Crippen LogP contribution is -2.24. The van der Waals surface area contributed by atoms with E-state index in [-0.39, 0.29) is 0 Å². The standard InChI is InChI=1S/C13H24N10S/c1-5-22(6-2)11-14-9(18-20-11)16-13(24)17-10-15-12(21-19-10)23(7-3)8-4/h5-8H2,1-4H3,(H4,14,15,16,17,18,19,20,21,24). The van der Waals surface area contributed by atoms with Crippen LogP contribution in [0, 0.1) is 0 Å². The van der Waals surface area contributed by atoms with Crippen LogP contribution in [-0.2, 0) is 0 Å². The molecule has 0 aliphatic heterocycles. The van der Waals surface area contributed by atoms with Crippen LogP contribution in [0.3, 0.4) is 0 Å². The largest absolute Gasteiger partial charge is 0.340 e. The Balaban J connectivity index is 1.94. The van der Waals surface area contributed by atoms with Crippen LogP contribution in [-0.4, -0.2) is 61.7 Å². The van der Waals surface area contributed by atoms with Gasteiger partial charge in [0.15, 0.2) is 5.11 Å². The van der Waals surface area contributed by atoms with E-state index in [1.54, 1.807) is 0 Å². The van der Waals surface area contributed by atoms with Crippen LogP contribution in [0.5, 0.6) is 0 Å². The molecule has 0 atom stereocenters. The third kappa shape index (κ3) is 4.31. The Kier molecular flexibility index (Phi) is 6.29. The second-order valence-corrected chi connectivity index (χ2v) is 5.30. The van der Waals surface area contributed by atoms with Gasteiger partial charge in [0.1, 0.15) is 0 Å². The molecule has 0 aliphatic rings. The number of H-pyrrole nitrogens is 2. The van der Waals surface area contributed by atoms with Crippen LogP contribution in [0.2, 0.25) is 0 Å². The molecule has 11 heteroatoms. The lowest BCUT2D eigenvalue weighted by molar-refractivity contribution is 0.824. The Hall–Kier alpha value is -2.43. The smallest absolute Gasteiger partial charge is 0.246 e. The summed E-state index contributed by atoms with van der Waals surface area (Å²) in [6, 6.07) is 0. The van der Waals surface area contributed by atoms with Crippen molar-refractivity contribution in [3.05, 3.63) is 0 Å². The highest BCUT2D eigenvalue weighted by Gasteiger charge is 2.12. The highest BCUT2D eigenvalue weighted by atomic mass is 32.1. The van der Waals surface area contributed by atoms with Crippen LogP contribution in [0.1, 0.15) is 27.7 Å². The Morgan fingerprint density at radius 1 is 0.833 bits per heavy atom. The molecule has 4 N–H and O–H groups in total. The fourth-order valence-electron chi connectivity index (χ4n) is 2.16. The van der Waals surface area contributed by atoms with Gasteiger partial charge >= 0.3 is 0 Å². The molecule has 0 fully saturated rings. The molecule has 0 radical (unpaired) electrons. The van der Waals surface area contributed by atoms with Gasteiger partial charge in [-0.1, -0.05) is 0 Å². The SMILES string of the molecule is CCN(CC)c1n[nH]c(NC(=S)Nc2nc(N(CC)CC)n[nH]2)n1. The number of aromatic amines is 2. The molecule has 0 spiro atoms. The lowest BCUT2D eigenvalue weighted by atomic mass is 10.5. The van der Waals surface area contributed by atoms with E-state index in [9.17, 15) is 0 Å². The Morgan fingerprint density at radius 3 is 1.54 bits per heavy atom. The van der Waals surface area contributed by atoms with E-state index in [4.69, 9.17) is 12.2 Å². The van der Waals surface area contributed by atoms with E-state index in [1.807, 2.05) is 9.80 Å². The number of anilines is 4. The summed E-state index contributed by atoms with van der Waals surface area (Å²) in [5.41, 5.74) is 0. The molecule has 0 saturated carbocycles. The van der Waals surface area contributed by atoms with Crippen LogP contribution in [0.25, 0.3) is 0 Å². The van der Waals surface area contributed by atoms with Gasteiger partial charge in [-0.25, -0.2) is 10.2 Å². The molecule has 0 bridgehead atoms. The van der Waals surface area contributed by atoms with Gasteiger partial charge in [0.05, 0.1) is 0 Å². The molecule has 0 saturated heterocycles. The van der Waals surface area contributed by atoms with Crippen molar-refractivity contribution in [2.75, 3.05) is 46.6 Å². The minimum atomic E-state index is 0.347. The van der Waals surface area contributed by atoms with Crippen molar-refractivity contribution in [2.24, 2.45) is 0 Å². The van der Waals surface area contributed by atoms with E-state index < -0.39 is 0 Å². The number of hydrogen-bond acceptors (Lipinski definition) is 7. The van der Waals surface area contributed by atoms with E-state index >= 15 is 0 Å². The van der Waals surface area contributed by atoms with E-state index in [2.05, 4.69) is 68.7 Å². The van der Waals surface area contributed by atoms with Crippen LogP contribution in [0.15, 0.2) is 0 Å². The summed E-state index contributed by atoms with van der Waals surface area (Å²) in [7, 11) is 0. The van der Waals surface area contributed by atoms with Crippen LogP contribution in [0.4, 0.5) is 23.8 Å². The summed E-state index contributed by atoms with van der Waals surface area (Å²) >= 11 is 5.26. The molecular weight excluding hydrogens is 328 g/mol.